The highest BCUT2D eigenvalue weighted by atomic mass is 19.4. The molecule has 1 aromatic heterocycles. The monoisotopic (exact) mass is 387 g/mol. The highest BCUT2D eigenvalue weighted by Crippen LogP contribution is 2.36. The van der Waals surface area contributed by atoms with Crippen LogP contribution in [0.15, 0.2) is 18.3 Å². The summed E-state index contributed by atoms with van der Waals surface area (Å²) in [6.07, 6.45) is -3.18. The van der Waals surface area contributed by atoms with Gasteiger partial charge in [0.15, 0.2) is 6.10 Å². The van der Waals surface area contributed by atoms with Gasteiger partial charge in [-0.2, -0.15) is 13.2 Å². The fourth-order valence-electron chi connectivity index (χ4n) is 2.96. The van der Waals surface area contributed by atoms with Gasteiger partial charge in [-0.05, 0) is 45.7 Å². The molecule has 9 heteroatoms. The zero-order chi connectivity index (χ0) is 20.2. The number of hydrogen-bond donors (Lipinski definition) is 1. The summed E-state index contributed by atoms with van der Waals surface area (Å²) in [7, 11) is 0. The number of rotatable bonds is 5. The molecular formula is C18H24F3N3O3. The Bertz CT molecular complexity index is 679. The summed E-state index contributed by atoms with van der Waals surface area (Å²) in [4.78, 5) is 29.6. The van der Waals surface area contributed by atoms with Gasteiger partial charge in [0.2, 0.25) is 0 Å². The van der Waals surface area contributed by atoms with Crippen LogP contribution in [-0.4, -0.2) is 42.1 Å². The van der Waals surface area contributed by atoms with Crippen molar-refractivity contribution < 1.29 is 27.5 Å². The van der Waals surface area contributed by atoms with E-state index < -0.39 is 35.6 Å². The Morgan fingerprint density at radius 1 is 1.33 bits per heavy atom. The van der Waals surface area contributed by atoms with E-state index in [9.17, 15) is 22.8 Å². The number of carbonyl (C=O) groups excluding carboxylic acids is 2. The predicted octanol–water partition coefficient (Wildman–Crippen LogP) is 2.77. The minimum Gasteiger partial charge on any atom is -0.452 e. The molecule has 0 saturated carbocycles. The Morgan fingerprint density at radius 2 is 2.04 bits per heavy atom. The van der Waals surface area contributed by atoms with Gasteiger partial charge in [-0.3, -0.25) is 9.59 Å². The second-order valence-corrected chi connectivity index (χ2v) is 6.90. The van der Waals surface area contributed by atoms with E-state index in [2.05, 4.69) is 10.3 Å². The molecule has 6 nitrogen and oxygen atoms in total. The summed E-state index contributed by atoms with van der Waals surface area (Å²) in [5.74, 6) is -1.80. The molecule has 1 N–H and O–H groups in total. The molecule has 0 spiro atoms. The molecule has 0 aromatic carbocycles. The number of alkyl halides is 3. The molecule has 2 rings (SSSR count). The third-order valence-electron chi connectivity index (χ3n) is 4.24. The van der Waals surface area contributed by atoms with E-state index in [-0.39, 0.29) is 18.4 Å². The number of hydrogen-bond acceptors (Lipinski definition) is 5. The van der Waals surface area contributed by atoms with E-state index in [4.69, 9.17) is 4.74 Å². The number of piperidine rings is 1. The van der Waals surface area contributed by atoms with E-state index >= 15 is 0 Å². The van der Waals surface area contributed by atoms with Gasteiger partial charge in [0.1, 0.15) is 5.82 Å². The van der Waals surface area contributed by atoms with Crippen molar-refractivity contribution in [1.82, 2.24) is 10.3 Å². The van der Waals surface area contributed by atoms with E-state index in [0.717, 1.165) is 6.07 Å². The fraction of sp³-hybridized carbons (Fsp3) is 0.611. The van der Waals surface area contributed by atoms with Gasteiger partial charge in [0, 0.05) is 25.3 Å². The molecule has 150 valence electrons. The number of nitrogens with zero attached hydrogens (tertiary/aromatic N) is 2. The van der Waals surface area contributed by atoms with Crippen LogP contribution in [0.5, 0.6) is 0 Å². The predicted molar refractivity (Wildman–Crippen MR) is 93.0 cm³/mol. The van der Waals surface area contributed by atoms with Crippen molar-refractivity contribution in [2.24, 2.45) is 5.92 Å². The number of halogens is 3. The maximum atomic E-state index is 13.2. The molecule has 2 atom stereocenters. The highest BCUT2D eigenvalue weighted by molar-refractivity contribution is 5.84. The van der Waals surface area contributed by atoms with Gasteiger partial charge in [0.25, 0.3) is 5.91 Å². The van der Waals surface area contributed by atoms with Gasteiger partial charge in [-0.15, -0.1) is 0 Å². The first-order valence-electron chi connectivity index (χ1n) is 8.87. The summed E-state index contributed by atoms with van der Waals surface area (Å²) in [6, 6.07) is 2.12. The molecule has 0 bridgehead atoms. The topological polar surface area (TPSA) is 71.5 Å². The van der Waals surface area contributed by atoms with Crippen LogP contribution in [0, 0.1) is 5.92 Å². The molecule has 1 aliphatic heterocycles. The smallest absolute Gasteiger partial charge is 0.419 e. The summed E-state index contributed by atoms with van der Waals surface area (Å²) in [6.45, 7) is 5.48. The third kappa shape index (κ3) is 5.58. The lowest BCUT2D eigenvalue weighted by Crippen LogP contribution is -2.44. The number of amides is 1. The summed E-state index contributed by atoms with van der Waals surface area (Å²) >= 11 is 0. The van der Waals surface area contributed by atoms with Crippen molar-refractivity contribution in [3.8, 4) is 0 Å². The molecule has 1 aromatic rings. The lowest BCUT2D eigenvalue weighted by molar-refractivity contribution is -0.159. The normalized spacial score (nSPS) is 18.9. The number of anilines is 1. The van der Waals surface area contributed by atoms with Gasteiger partial charge in [-0.1, -0.05) is 0 Å². The van der Waals surface area contributed by atoms with Crippen LogP contribution in [0.1, 0.15) is 39.2 Å². The van der Waals surface area contributed by atoms with Gasteiger partial charge in [0.05, 0.1) is 11.5 Å². The zero-order valence-electron chi connectivity index (χ0n) is 15.5. The van der Waals surface area contributed by atoms with Gasteiger partial charge < -0.3 is 15.0 Å². The SMILES string of the molecule is CC(C)NC(=O)C(C)OC(=O)C1CCCN(c2ncccc2C(F)(F)F)C1. The molecule has 1 fully saturated rings. The molecule has 1 saturated heterocycles. The number of nitrogens with one attached hydrogen (secondary N) is 1. The van der Waals surface area contributed by atoms with Crippen LogP contribution in [-0.2, 0) is 20.5 Å². The standard InChI is InChI=1S/C18H24F3N3O3/c1-11(2)23-16(25)12(3)27-17(26)13-6-5-9-24(10-13)15-14(18(19,20)21)7-4-8-22-15/h4,7-8,11-13H,5-6,9-10H2,1-3H3,(H,23,25). The van der Waals surface area contributed by atoms with Crippen molar-refractivity contribution in [3.05, 3.63) is 23.9 Å². The average molecular weight is 387 g/mol. The van der Waals surface area contributed by atoms with Crippen LogP contribution < -0.4 is 10.2 Å². The number of pyridine rings is 1. The molecule has 0 radical (unpaired) electrons. The second kappa shape index (κ2) is 8.58. The molecule has 1 aliphatic rings. The van der Waals surface area contributed by atoms with E-state index in [1.54, 1.807) is 13.8 Å². The Kier molecular flexibility index (Phi) is 6.67. The Hall–Kier alpha value is -2.32. The molecule has 2 unspecified atom stereocenters. The van der Waals surface area contributed by atoms with Crippen LogP contribution in [0.25, 0.3) is 0 Å². The van der Waals surface area contributed by atoms with E-state index in [1.807, 2.05) is 0 Å². The number of aromatic nitrogens is 1. The molecule has 27 heavy (non-hydrogen) atoms. The van der Waals surface area contributed by atoms with Crippen LogP contribution >= 0.6 is 0 Å². The first-order chi connectivity index (χ1) is 12.6. The first kappa shape index (κ1) is 21.0. The maximum Gasteiger partial charge on any atom is 0.419 e. The lowest BCUT2D eigenvalue weighted by atomic mass is 9.97. The van der Waals surface area contributed by atoms with Crippen molar-refractivity contribution in [2.75, 3.05) is 18.0 Å². The van der Waals surface area contributed by atoms with Crippen LogP contribution in [0.3, 0.4) is 0 Å². The maximum absolute atomic E-state index is 13.2. The van der Waals surface area contributed by atoms with Crippen molar-refractivity contribution >= 4 is 17.7 Å². The zero-order valence-corrected chi connectivity index (χ0v) is 15.5. The number of esters is 1. The van der Waals surface area contributed by atoms with Crippen LogP contribution in [0.2, 0.25) is 0 Å². The quantitative estimate of drug-likeness (QED) is 0.787. The average Bonchev–Trinajstić information content (AvgIpc) is 2.60. The Morgan fingerprint density at radius 3 is 2.67 bits per heavy atom. The largest absolute Gasteiger partial charge is 0.452 e. The summed E-state index contributed by atoms with van der Waals surface area (Å²) in [5, 5.41) is 2.65. The van der Waals surface area contributed by atoms with Gasteiger partial charge in [-0.25, -0.2) is 4.98 Å². The summed E-state index contributed by atoms with van der Waals surface area (Å²) in [5.41, 5.74) is -0.830. The lowest BCUT2D eigenvalue weighted by Gasteiger charge is -2.34. The van der Waals surface area contributed by atoms with Gasteiger partial charge >= 0.3 is 12.1 Å². The number of carbonyl (C=O) groups is 2. The highest BCUT2D eigenvalue weighted by Gasteiger charge is 2.38. The van der Waals surface area contributed by atoms with Crippen molar-refractivity contribution in [2.45, 2.75) is 51.9 Å². The fourth-order valence-corrected chi connectivity index (χ4v) is 2.96. The molecule has 2 heterocycles. The molecule has 1 amide bonds. The minimum absolute atomic E-state index is 0.0669. The molecule has 0 aliphatic carbocycles. The second-order valence-electron chi connectivity index (χ2n) is 6.90. The van der Waals surface area contributed by atoms with Crippen molar-refractivity contribution in [3.63, 3.8) is 0 Å². The van der Waals surface area contributed by atoms with Crippen molar-refractivity contribution in [1.29, 1.82) is 0 Å². The summed E-state index contributed by atoms with van der Waals surface area (Å²) < 4.78 is 44.9. The van der Waals surface area contributed by atoms with E-state index in [0.29, 0.717) is 19.4 Å². The first-order valence-corrected chi connectivity index (χ1v) is 8.87. The number of ether oxygens (including phenoxy) is 1. The Balaban J connectivity index is 2.06. The third-order valence-corrected chi connectivity index (χ3v) is 4.24. The molecular weight excluding hydrogens is 363 g/mol. The van der Waals surface area contributed by atoms with E-state index in [1.165, 1.54) is 24.1 Å². The minimum atomic E-state index is -4.53. The Labute approximate surface area is 156 Å². The van der Waals surface area contributed by atoms with Crippen LogP contribution in [0.4, 0.5) is 19.0 Å².